The molecule has 0 fully saturated rings. The molecule has 0 aromatic heterocycles. The van der Waals surface area contributed by atoms with Crippen LogP contribution in [0.5, 0.6) is 0 Å². The molecule has 2 N–H and O–H groups in total. The van der Waals surface area contributed by atoms with Crippen molar-refractivity contribution in [2.75, 3.05) is 4.72 Å². The first-order valence-electron chi connectivity index (χ1n) is 8.97. The largest absolute Gasteiger partial charge is 0.348 e. The number of hydrogen-bond donors (Lipinski definition) is 2. The molecule has 0 aliphatic carbocycles. The van der Waals surface area contributed by atoms with E-state index in [1.54, 1.807) is 49.4 Å². The third-order valence-electron chi connectivity index (χ3n) is 4.39. The molecule has 0 spiro atoms. The number of halogens is 1. The van der Waals surface area contributed by atoms with Gasteiger partial charge in [0, 0.05) is 22.8 Å². The Kier molecular flexibility index (Phi) is 6.25. The van der Waals surface area contributed by atoms with E-state index in [2.05, 4.69) is 10.0 Å². The molecule has 0 atom stereocenters. The molecule has 3 aromatic rings. The summed E-state index contributed by atoms with van der Waals surface area (Å²) in [4.78, 5) is 12.6. The van der Waals surface area contributed by atoms with Crippen LogP contribution in [0.4, 0.5) is 5.69 Å². The Morgan fingerprint density at radius 2 is 1.69 bits per heavy atom. The average Bonchev–Trinajstić information content (AvgIpc) is 2.68. The molecule has 0 saturated heterocycles. The summed E-state index contributed by atoms with van der Waals surface area (Å²) in [6.07, 6.45) is 0. The van der Waals surface area contributed by atoms with Crippen molar-refractivity contribution >= 4 is 33.2 Å². The fraction of sp³-hybridized carbons (Fsp3) is 0.136. The lowest BCUT2D eigenvalue weighted by atomic mass is 10.1. The molecule has 0 unspecified atom stereocenters. The number of aryl methyl sites for hydroxylation is 2. The molecule has 0 bridgehead atoms. The highest BCUT2D eigenvalue weighted by Gasteiger charge is 2.19. The van der Waals surface area contributed by atoms with E-state index < -0.39 is 10.0 Å². The molecule has 3 rings (SSSR count). The maximum absolute atomic E-state index is 12.8. The smallest absolute Gasteiger partial charge is 0.262 e. The van der Waals surface area contributed by atoms with Crippen LogP contribution < -0.4 is 10.0 Å². The van der Waals surface area contributed by atoms with Crippen molar-refractivity contribution in [3.8, 4) is 0 Å². The maximum atomic E-state index is 12.8. The summed E-state index contributed by atoms with van der Waals surface area (Å²) in [5.74, 6) is -0.364. The Morgan fingerprint density at radius 1 is 0.966 bits per heavy atom. The molecular formula is C22H21ClN2O3S. The van der Waals surface area contributed by atoms with E-state index in [4.69, 9.17) is 11.6 Å². The predicted octanol–water partition coefficient (Wildman–Crippen LogP) is 4.69. The number of nitrogens with one attached hydrogen (secondary N) is 2. The maximum Gasteiger partial charge on any atom is 0.262 e. The minimum Gasteiger partial charge on any atom is -0.348 e. The molecule has 0 radical (unpaired) electrons. The van der Waals surface area contributed by atoms with Gasteiger partial charge in [-0.3, -0.25) is 9.52 Å². The zero-order valence-electron chi connectivity index (χ0n) is 16.1. The van der Waals surface area contributed by atoms with Crippen molar-refractivity contribution < 1.29 is 13.2 Å². The van der Waals surface area contributed by atoms with E-state index in [9.17, 15) is 13.2 Å². The van der Waals surface area contributed by atoms with Gasteiger partial charge in [0.15, 0.2) is 0 Å². The second kappa shape index (κ2) is 8.68. The predicted molar refractivity (Wildman–Crippen MR) is 116 cm³/mol. The lowest BCUT2D eigenvalue weighted by Gasteiger charge is -2.12. The molecule has 3 aromatic carbocycles. The summed E-state index contributed by atoms with van der Waals surface area (Å²) in [6, 6.07) is 18.8. The van der Waals surface area contributed by atoms with Gasteiger partial charge in [0.05, 0.1) is 4.90 Å². The molecule has 150 valence electrons. The lowest BCUT2D eigenvalue weighted by molar-refractivity contribution is 0.0950. The highest BCUT2D eigenvalue weighted by Crippen LogP contribution is 2.21. The second-order valence-electron chi connectivity index (χ2n) is 6.76. The summed E-state index contributed by atoms with van der Waals surface area (Å²) in [7, 11) is -3.83. The highest BCUT2D eigenvalue weighted by molar-refractivity contribution is 7.92. The molecule has 1 amide bonds. The van der Waals surface area contributed by atoms with Gasteiger partial charge in [-0.15, -0.1) is 0 Å². The first-order valence-corrected chi connectivity index (χ1v) is 10.8. The van der Waals surface area contributed by atoms with Crippen molar-refractivity contribution in [1.82, 2.24) is 5.32 Å². The van der Waals surface area contributed by atoms with Crippen molar-refractivity contribution in [2.45, 2.75) is 25.3 Å². The van der Waals surface area contributed by atoms with E-state index in [1.807, 2.05) is 25.1 Å². The fourth-order valence-electron chi connectivity index (χ4n) is 2.79. The number of carbonyl (C=O) groups is 1. The summed E-state index contributed by atoms with van der Waals surface area (Å²) in [5, 5.41) is 3.37. The highest BCUT2D eigenvalue weighted by atomic mass is 35.5. The molecule has 0 aliphatic heterocycles. The van der Waals surface area contributed by atoms with E-state index in [0.717, 1.165) is 11.1 Å². The van der Waals surface area contributed by atoms with Crippen LogP contribution in [0.3, 0.4) is 0 Å². The summed E-state index contributed by atoms with van der Waals surface area (Å²) in [5.41, 5.74) is 3.16. The van der Waals surface area contributed by atoms with Crippen LogP contribution in [0.15, 0.2) is 71.6 Å². The number of anilines is 1. The molecule has 7 heteroatoms. The van der Waals surface area contributed by atoms with Gasteiger partial charge >= 0.3 is 0 Å². The Morgan fingerprint density at radius 3 is 2.38 bits per heavy atom. The normalized spacial score (nSPS) is 11.1. The van der Waals surface area contributed by atoms with Gasteiger partial charge in [-0.2, -0.15) is 0 Å². The minimum atomic E-state index is -3.83. The summed E-state index contributed by atoms with van der Waals surface area (Å²) < 4.78 is 28.2. The zero-order valence-corrected chi connectivity index (χ0v) is 17.6. The van der Waals surface area contributed by atoms with Crippen LogP contribution in [0.2, 0.25) is 5.02 Å². The van der Waals surface area contributed by atoms with Gasteiger partial charge in [-0.1, -0.05) is 47.5 Å². The lowest BCUT2D eigenvalue weighted by Crippen LogP contribution is -2.23. The number of rotatable bonds is 6. The molecule has 29 heavy (non-hydrogen) atoms. The molecule has 0 saturated carbocycles. The van der Waals surface area contributed by atoms with Crippen LogP contribution in [0.25, 0.3) is 0 Å². The van der Waals surface area contributed by atoms with E-state index in [0.29, 0.717) is 16.3 Å². The van der Waals surface area contributed by atoms with Gasteiger partial charge in [-0.25, -0.2) is 8.42 Å². The van der Waals surface area contributed by atoms with Crippen LogP contribution in [0, 0.1) is 13.8 Å². The SMILES string of the molecule is Cc1ccc(NS(=O)(=O)c2cc(C(=O)NCc3cccc(Cl)c3)ccc2C)cc1. The minimum absolute atomic E-state index is 0.0634. The molecule has 0 aliphatic rings. The van der Waals surface area contributed by atoms with E-state index in [1.165, 1.54) is 6.07 Å². The fourth-order valence-corrected chi connectivity index (χ4v) is 4.34. The molecular weight excluding hydrogens is 408 g/mol. The first-order chi connectivity index (χ1) is 13.7. The van der Waals surface area contributed by atoms with Gasteiger partial charge < -0.3 is 5.32 Å². The number of hydrogen-bond acceptors (Lipinski definition) is 3. The summed E-state index contributed by atoms with van der Waals surface area (Å²) in [6.45, 7) is 3.90. The first kappa shape index (κ1) is 20.9. The van der Waals surface area contributed by atoms with Crippen molar-refractivity contribution in [3.05, 3.63) is 94.0 Å². The molecule has 0 heterocycles. The Bertz CT molecular complexity index is 1140. The van der Waals surface area contributed by atoms with Crippen molar-refractivity contribution in [2.24, 2.45) is 0 Å². The van der Waals surface area contributed by atoms with E-state index in [-0.39, 0.29) is 22.9 Å². The zero-order chi connectivity index (χ0) is 21.0. The number of amides is 1. The van der Waals surface area contributed by atoms with Gasteiger partial charge in [0.2, 0.25) is 0 Å². The quantitative estimate of drug-likeness (QED) is 0.598. The second-order valence-corrected chi connectivity index (χ2v) is 8.85. The number of carbonyl (C=O) groups excluding carboxylic acids is 1. The topological polar surface area (TPSA) is 75.3 Å². The third kappa shape index (κ3) is 5.37. The van der Waals surface area contributed by atoms with Crippen LogP contribution in [-0.4, -0.2) is 14.3 Å². The van der Waals surface area contributed by atoms with Gasteiger partial charge in [0.1, 0.15) is 0 Å². The summed E-state index contributed by atoms with van der Waals surface area (Å²) >= 11 is 5.95. The van der Waals surface area contributed by atoms with Gasteiger partial charge in [-0.05, 0) is 61.4 Å². The van der Waals surface area contributed by atoms with E-state index >= 15 is 0 Å². The van der Waals surface area contributed by atoms with Crippen molar-refractivity contribution in [3.63, 3.8) is 0 Å². The Labute approximate surface area is 175 Å². The van der Waals surface area contributed by atoms with Crippen LogP contribution in [-0.2, 0) is 16.6 Å². The molecule has 5 nitrogen and oxygen atoms in total. The number of sulfonamides is 1. The monoisotopic (exact) mass is 428 g/mol. The Hall–Kier alpha value is -2.83. The number of benzene rings is 3. The van der Waals surface area contributed by atoms with Crippen molar-refractivity contribution in [1.29, 1.82) is 0 Å². The third-order valence-corrected chi connectivity index (χ3v) is 6.14. The van der Waals surface area contributed by atoms with Crippen LogP contribution >= 0.6 is 11.6 Å². The Balaban J connectivity index is 1.79. The standard InChI is InChI=1S/C22H21ClN2O3S/c1-15-6-10-20(11-7-15)25-29(27,28)21-13-18(9-8-16(21)2)22(26)24-14-17-4-3-5-19(23)12-17/h3-13,25H,14H2,1-2H3,(H,24,26). The van der Waals surface area contributed by atoms with Gasteiger partial charge in [0.25, 0.3) is 15.9 Å². The van der Waals surface area contributed by atoms with Crippen LogP contribution in [0.1, 0.15) is 27.0 Å². The average molecular weight is 429 g/mol.